The fourth-order valence-corrected chi connectivity index (χ4v) is 0.573. The predicted octanol–water partition coefficient (Wildman–Crippen LogP) is -0.994. The van der Waals surface area contributed by atoms with E-state index in [0.29, 0.717) is 0 Å². The maximum Gasteiger partial charge on any atom is 0.288 e. The summed E-state index contributed by atoms with van der Waals surface area (Å²) in [4.78, 5) is 14.3. The van der Waals surface area contributed by atoms with E-state index in [0.717, 1.165) is 0 Å². The van der Waals surface area contributed by atoms with Crippen LogP contribution in [0.4, 0.5) is 0 Å². The Morgan fingerprint density at radius 3 is 3.10 bits per heavy atom. The van der Waals surface area contributed by atoms with Gasteiger partial charge in [0.25, 0.3) is 5.91 Å². The zero-order valence-electron chi connectivity index (χ0n) is 5.11. The summed E-state index contributed by atoms with van der Waals surface area (Å²) in [5.41, 5.74) is 1.49. The number of amides is 1. The molecule has 1 aliphatic rings. The van der Waals surface area contributed by atoms with Crippen LogP contribution in [0.25, 0.3) is 0 Å². The fraction of sp³-hybridized carbons (Fsp3) is 0.200. The fourth-order valence-electron chi connectivity index (χ4n) is 0.573. The number of rotatable bonds is 1. The van der Waals surface area contributed by atoms with Crippen LogP contribution in [0.3, 0.4) is 0 Å². The van der Waals surface area contributed by atoms with Crippen molar-refractivity contribution in [1.29, 1.82) is 0 Å². The van der Waals surface area contributed by atoms with Gasteiger partial charge in [0.15, 0.2) is 6.17 Å². The van der Waals surface area contributed by atoms with E-state index < -0.39 is 12.1 Å². The van der Waals surface area contributed by atoms with Gasteiger partial charge in [-0.05, 0) is 6.08 Å². The molecule has 0 fully saturated rings. The average molecular weight is 141 g/mol. The van der Waals surface area contributed by atoms with E-state index in [-0.39, 0.29) is 0 Å². The molecule has 1 atom stereocenters. The number of hydroxylamine groups is 1. The van der Waals surface area contributed by atoms with Crippen LogP contribution in [0.2, 0.25) is 0 Å². The maximum atomic E-state index is 10.6. The third-order valence-corrected chi connectivity index (χ3v) is 1.03. The number of nitrogens with one attached hydrogen (secondary N) is 2. The molecule has 0 aromatic rings. The molecular formula is C5H7N3O2. The van der Waals surface area contributed by atoms with Gasteiger partial charge < -0.3 is 5.32 Å². The van der Waals surface area contributed by atoms with Gasteiger partial charge in [-0.25, -0.2) is 5.48 Å². The van der Waals surface area contributed by atoms with Gasteiger partial charge in [-0.2, -0.15) is 0 Å². The smallest absolute Gasteiger partial charge is 0.288 e. The quantitative estimate of drug-likeness (QED) is 0.324. The van der Waals surface area contributed by atoms with Gasteiger partial charge in [0, 0.05) is 12.4 Å². The van der Waals surface area contributed by atoms with E-state index >= 15 is 0 Å². The summed E-state index contributed by atoms with van der Waals surface area (Å²) in [6.07, 6.45) is 4.01. The third-order valence-electron chi connectivity index (χ3n) is 1.03. The minimum absolute atomic E-state index is 0.569. The molecule has 0 aliphatic carbocycles. The van der Waals surface area contributed by atoms with Crippen molar-refractivity contribution >= 4 is 12.1 Å². The van der Waals surface area contributed by atoms with E-state index in [1.54, 1.807) is 12.3 Å². The summed E-state index contributed by atoms with van der Waals surface area (Å²) in [7, 11) is 0. The van der Waals surface area contributed by atoms with Crippen LogP contribution in [-0.2, 0) is 4.79 Å². The molecule has 10 heavy (non-hydrogen) atoms. The van der Waals surface area contributed by atoms with Crippen molar-refractivity contribution in [2.75, 3.05) is 0 Å². The highest BCUT2D eigenvalue weighted by molar-refractivity contribution is 5.84. The Labute approximate surface area is 57.4 Å². The monoisotopic (exact) mass is 141 g/mol. The van der Waals surface area contributed by atoms with Gasteiger partial charge in [0.2, 0.25) is 0 Å². The van der Waals surface area contributed by atoms with Crippen LogP contribution < -0.4 is 10.8 Å². The van der Waals surface area contributed by atoms with Crippen LogP contribution in [0.5, 0.6) is 0 Å². The highest BCUT2D eigenvalue weighted by Crippen LogP contribution is 1.89. The Bertz CT molecular complexity index is 187. The topological polar surface area (TPSA) is 73.7 Å². The number of hydrogen-bond acceptors (Lipinski definition) is 4. The summed E-state index contributed by atoms with van der Waals surface area (Å²) in [6, 6.07) is 0. The third kappa shape index (κ3) is 1.32. The summed E-state index contributed by atoms with van der Waals surface area (Å²) >= 11 is 0. The first-order valence-electron chi connectivity index (χ1n) is 2.73. The van der Waals surface area contributed by atoms with E-state index in [4.69, 9.17) is 5.21 Å². The van der Waals surface area contributed by atoms with Crippen LogP contribution in [0.1, 0.15) is 0 Å². The van der Waals surface area contributed by atoms with Crippen molar-refractivity contribution < 1.29 is 10.0 Å². The molecule has 1 heterocycles. The van der Waals surface area contributed by atoms with Crippen molar-refractivity contribution in [3.05, 3.63) is 12.3 Å². The minimum Gasteiger partial charge on any atom is -0.362 e. The van der Waals surface area contributed by atoms with E-state index in [2.05, 4.69) is 10.3 Å². The normalized spacial score (nSPS) is 21.9. The molecule has 0 saturated heterocycles. The van der Waals surface area contributed by atoms with Gasteiger partial charge in [-0.15, -0.1) is 0 Å². The zero-order valence-corrected chi connectivity index (χ0v) is 5.11. The second kappa shape index (κ2) is 2.98. The molecule has 0 aromatic carbocycles. The van der Waals surface area contributed by atoms with Crippen LogP contribution in [0.15, 0.2) is 17.3 Å². The Hall–Kier alpha value is -1.36. The van der Waals surface area contributed by atoms with Crippen molar-refractivity contribution in [3.63, 3.8) is 0 Å². The van der Waals surface area contributed by atoms with Crippen LogP contribution in [-0.4, -0.2) is 23.5 Å². The molecule has 3 N–H and O–H groups in total. The molecule has 0 radical (unpaired) electrons. The molecule has 0 spiro atoms. The zero-order chi connectivity index (χ0) is 7.40. The SMILES string of the molecule is O=C(NO)C1N=CC=CN1. The maximum absolute atomic E-state index is 10.6. The molecule has 54 valence electrons. The molecule has 0 saturated carbocycles. The number of aliphatic imine (C=N–C) groups is 1. The van der Waals surface area contributed by atoms with Crippen molar-refractivity contribution in [3.8, 4) is 0 Å². The Balaban J connectivity index is 2.51. The van der Waals surface area contributed by atoms with Gasteiger partial charge in [0.1, 0.15) is 0 Å². The second-order valence-electron chi connectivity index (χ2n) is 1.70. The van der Waals surface area contributed by atoms with Crippen LogP contribution >= 0.6 is 0 Å². The van der Waals surface area contributed by atoms with Crippen molar-refractivity contribution in [2.24, 2.45) is 4.99 Å². The molecule has 1 aliphatic heterocycles. The summed E-state index contributed by atoms with van der Waals surface area (Å²) < 4.78 is 0. The van der Waals surface area contributed by atoms with Crippen LogP contribution in [0, 0.1) is 0 Å². The highest BCUT2D eigenvalue weighted by atomic mass is 16.5. The number of allylic oxidation sites excluding steroid dienone is 1. The molecule has 0 aromatic heterocycles. The first kappa shape index (κ1) is 6.76. The minimum atomic E-state index is -0.699. The lowest BCUT2D eigenvalue weighted by molar-refractivity contribution is -0.130. The summed E-state index contributed by atoms with van der Waals surface area (Å²) in [5, 5.41) is 10.8. The molecule has 5 nitrogen and oxygen atoms in total. The molecular weight excluding hydrogens is 134 g/mol. The van der Waals surface area contributed by atoms with Crippen molar-refractivity contribution in [2.45, 2.75) is 6.17 Å². The number of nitrogens with zero attached hydrogens (tertiary/aromatic N) is 1. The molecule has 1 unspecified atom stereocenters. The summed E-state index contributed by atoms with van der Waals surface area (Å²) in [6.45, 7) is 0. The van der Waals surface area contributed by atoms with Gasteiger partial charge in [-0.1, -0.05) is 0 Å². The lowest BCUT2D eigenvalue weighted by Crippen LogP contribution is -2.40. The Morgan fingerprint density at radius 2 is 2.60 bits per heavy atom. The number of hydrogen-bond donors (Lipinski definition) is 3. The molecule has 5 heteroatoms. The lowest BCUT2D eigenvalue weighted by Gasteiger charge is -2.11. The first-order chi connectivity index (χ1) is 4.84. The van der Waals surface area contributed by atoms with Gasteiger partial charge >= 0.3 is 0 Å². The van der Waals surface area contributed by atoms with Gasteiger partial charge in [-0.3, -0.25) is 15.0 Å². The lowest BCUT2D eigenvalue weighted by atomic mass is 10.4. The number of carbonyl (C=O) groups excluding carboxylic acids is 1. The molecule has 1 amide bonds. The Morgan fingerprint density at radius 1 is 1.80 bits per heavy atom. The summed E-state index contributed by atoms with van der Waals surface area (Å²) in [5.74, 6) is -0.569. The average Bonchev–Trinajstić information content (AvgIpc) is 2.05. The highest BCUT2D eigenvalue weighted by Gasteiger charge is 2.13. The second-order valence-corrected chi connectivity index (χ2v) is 1.70. The largest absolute Gasteiger partial charge is 0.362 e. The van der Waals surface area contributed by atoms with Crippen molar-refractivity contribution in [1.82, 2.24) is 10.8 Å². The van der Waals surface area contributed by atoms with E-state index in [1.807, 2.05) is 0 Å². The first-order valence-corrected chi connectivity index (χ1v) is 2.73. The number of carbonyl (C=O) groups is 1. The standard InChI is InChI=1S/C5H7N3O2/c9-5(8-10)4-6-2-1-3-7-4/h1-4,6,10H,(H,8,9). The molecule has 0 bridgehead atoms. The van der Waals surface area contributed by atoms with E-state index in [1.165, 1.54) is 11.7 Å². The predicted molar refractivity (Wildman–Crippen MR) is 34.5 cm³/mol. The Kier molecular flexibility index (Phi) is 2.01. The molecule has 1 rings (SSSR count). The van der Waals surface area contributed by atoms with Gasteiger partial charge in [0.05, 0.1) is 0 Å². The van der Waals surface area contributed by atoms with E-state index in [9.17, 15) is 4.79 Å².